The van der Waals surface area contributed by atoms with Crippen molar-refractivity contribution in [3.05, 3.63) is 5.82 Å². The van der Waals surface area contributed by atoms with E-state index < -0.39 is 5.60 Å². The van der Waals surface area contributed by atoms with Gasteiger partial charge in [-0.15, -0.1) is 10.2 Å². The molecule has 0 bridgehead atoms. The summed E-state index contributed by atoms with van der Waals surface area (Å²) in [6.45, 7) is 5.36. The Kier molecular flexibility index (Phi) is 4.09. The van der Waals surface area contributed by atoms with Crippen molar-refractivity contribution in [3.8, 4) is 0 Å². The van der Waals surface area contributed by atoms with Crippen LogP contribution in [-0.2, 0) is 6.54 Å². The zero-order chi connectivity index (χ0) is 14.2. The Labute approximate surface area is 125 Å². The van der Waals surface area contributed by atoms with Crippen molar-refractivity contribution in [2.24, 2.45) is 5.92 Å². The van der Waals surface area contributed by atoms with Crippen molar-refractivity contribution in [3.63, 3.8) is 0 Å². The van der Waals surface area contributed by atoms with Gasteiger partial charge in [0.05, 0.1) is 5.60 Å². The molecule has 20 heavy (non-hydrogen) atoms. The highest BCUT2D eigenvalue weighted by Gasteiger charge is 2.34. The molecular formula is C15H25N3OS. The summed E-state index contributed by atoms with van der Waals surface area (Å²) < 4.78 is 2.23. The lowest BCUT2D eigenvalue weighted by molar-refractivity contribution is 0.0149. The minimum Gasteiger partial charge on any atom is -0.389 e. The van der Waals surface area contributed by atoms with E-state index in [-0.39, 0.29) is 0 Å². The third kappa shape index (κ3) is 3.03. The van der Waals surface area contributed by atoms with Gasteiger partial charge in [-0.2, -0.15) is 0 Å². The maximum absolute atomic E-state index is 10.7. The van der Waals surface area contributed by atoms with Gasteiger partial charge < -0.3 is 9.67 Å². The Morgan fingerprint density at radius 1 is 1.25 bits per heavy atom. The first kappa shape index (κ1) is 14.4. The Balaban J connectivity index is 1.63. The molecule has 1 aromatic heterocycles. The molecule has 0 aliphatic heterocycles. The first-order chi connectivity index (χ1) is 9.61. The molecule has 0 radical (unpaired) electrons. The molecular weight excluding hydrogens is 270 g/mol. The van der Waals surface area contributed by atoms with Gasteiger partial charge in [0.1, 0.15) is 5.82 Å². The zero-order valence-corrected chi connectivity index (χ0v) is 13.3. The van der Waals surface area contributed by atoms with E-state index in [1.807, 2.05) is 0 Å². The van der Waals surface area contributed by atoms with Crippen LogP contribution in [0.15, 0.2) is 5.16 Å². The summed E-state index contributed by atoms with van der Waals surface area (Å²) in [4.78, 5) is 0. The molecule has 2 saturated carbocycles. The van der Waals surface area contributed by atoms with Crippen LogP contribution >= 0.6 is 11.8 Å². The molecule has 0 saturated heterocycles. The molecule has 0 spiro atoms. The van der Waals surface area contributed by atoms with Gasteiger partial charge in [0, 0.05) is 18.2 Å². The molecule has 2 aliphatic rings. The van der Waals surface area contributed by atoms with E-state index in [0.717, 1.165) is 54.9 Å². The predicted octanol–water partition coefficient (Wildman–Crippen LogP) is 3.21. The molecule has 1 aromatic rings. The van der Waals surface area contributed by atoms with E-state index in [1.54, 1.807) is 11.8 Å². The summed E-state index contributed by atoms with van der Waals surface area (Å²) in [5, 5.41) is 20.4. The highest BCUT2D eigenvalue weighted by molar-refractivity contribution is 7.99. The molecule has 5 heteroatoms. The third-order valence-electron chi connectivity index (χ3n) is 4.68. The highest BCUT2D eigenvalue weighted by atomic mass is 32.2. The van der Waals surface area contributed by atoms with Gasteiger partial charge >= 0.3 is 0 Å². The summed E-state index contributed by atoms with van der Waals surface area (Å²) in [5.41, 5.74) is -0.499. The normalized spacial score (nSPS) is 30.6. The van der Waals surface area contributed by atoms with E-state index in [2.05, 4.69) is 28.6 Å². The summed E-state index contributed by atoms with van der Waals surface area (Å²) in [6, 6.07) is 0. The number of thioether (sulfide) groups is 1. The van der Waals surface area contributed by atoms with Gasteiger partial charge in [-0.1, -0.05) is 18.7 Å². The van der Waals surface area contributed by atoms with Crippen molar-refractivity contribution in [1.29, 1.82) is 0 Å². The van der Waals surface area contributed by atoms with Crippen LogP contribution in [-0.4, -0.2) is 31.2 Å². The van der Waals surface area contributed by atoms with Crippen molar-refractivity contribution < 1.29 is 5.11 Å². The Morgan fingerprint density at radius 3 is 2.55 bits per heavy atom. The molecule has 112 valence electrons. The van der Waals surface area contributed by atoms with E-state index in [9.17, 15) is 5.11 Å². The van der Waals surface area contributed by atoms with Crippen LogP contribution in [0.4, 0.5) is 0 Å². The molecule has 0 amide bonds. The average Bonchev–Trinajstić information content (AvgIpc) is 3.21. The standard InChI is InChI=1S/C15H25N3OS/c1-3-18-13(12-4-5-12)16-17-14(18)20-10-15(19)8-6-11(2)7-9-15/h11-12,19H,3-10H2,1-2H3. The fraction of sp³-hybridized carbons (Fsp3) is 0.867. The number of aromatic nitrogens is 3. The Morgan fingerprint density at radius 2 is 1.95 bits per heavy atom. The minimum atomic E-state index is -0.499. The Hall–Kier alpha value is -0.550. The number of rotatable bonds is 5. The maximum atomic E-state index is 10.7. The number of aliphatic hydroxyl groups is 1. The molecule has 3 rings (SSSR count). The van der Waals surface area contributed by atoms with Crippen LogP contribution in [0.3, 0.4) is 0 Å². The van der Waals surface area contributed by atoms with Crippen LogP contribution in [0.2, 0.25) is 0 Å². The van der Waals surface area contributed by atoms with Crippen LogP contribution in [0.25, 0.3) is 0 Å². The van der Waals surface area contributed by atoms with E-state index in [1.165, 1.54) is 12.8 Å². The van der Waals surface area contributed by atoms with Crippen molar-refractivity contribution in [2.45, 2.75) is 75.6 Å². The SMILES string of the molecule is CCn1c(SCC2(O)CCC(C)CC2)nnc1C1CC1. The molecule has 2 fully saturated rings. The lowest BCUT2D eigenvalue weighted by atomic mass is 9.81. The summed E-state index contributed by atoms with van der Waals surface area (Å²) in [5.74, 6) is 3.30. The second-order valence-electron chi connectivity index (χ2n) is 6.55. The first-order valence-corrected chi connectivity index (χ1v) is 8.88. The fourth-order valence-electron chi connectivity index (χ4n) is 2.99. The summed E-state index contributed by atoms with van der Waals surface area (Å²) in [6.07, 6.45) is 6.65. The number of nitrogens with zero attached hydrogens (tertiary/aromatic N) is 3. The van der Waals surface area contributed by atoms with Crippen molar-refractivity contribution in [2.75, 3.05) is 5.75 Å². The van der Waals surface area contributed by atoms with Crippen LogP contribution in [0, 0.1) is 5.92 Å². The lowest BCUT2D eigenvalue weighted by Crippen LogP contribution is -2.36. The fourth-order valence-corrected chi connectivity index (χ4v) is 4.15. The number of hydrogen-bond donors (Lipinski definition) is 1. The zero-order valence-electron chi connectivity index (χ0n) is 12.5. The molecule has 0 unspecified atom stereocenters. The summed E-state index contributed by atoms with van der Waals surface area (Å²) >= 11 is 1.68. The number of hydrogen-bond acceptors (Lipinski definition) is 4. The van der Waals surface area contributed by atoms with Gasteiger partial charge in [-0.3, -0.25) is 0 Å². The van der Waals surface area contributed by atoms with E-state index in [4.69, 9.17) is 0 Å². The third-order valence-corrected chi connectivity index (χ3v) is 5.92. The average molecular weight is 295 g/mol. The lowest BCUT2D eigenvalue weighted by Gasteiger charge is -2.34. The maximum Gasteiger partial charge on any atom is 0.191 e. The minimum absolute atomic E-state index is 0.499. The monoisotopic (exact) mass is 295 g/mol. The molecule has 0 aromatic carbocycles. The molecule has 1 N–H and O–H groups in total. The topological polar surface area (TPSA) is 50.9 Å². The summed E-state index contributed by atoms with van der Waals surface area (Å²) in [7, 11) is 0. The van der Waals surface area contributed by atoms with Crippen molar-refractivity contribution in [1.82, 2.24) is 14.8 Å². The predicted molar refractivity (Wildman–Crippen MR) is 81.0 cm³/mol. The first-order valence-electron chi connectivity index (χ1n) is 7.89. The molecule has 2 aliphatic carbocycles. The molecule has 1 heterocycles. The molecule has 0 atom stereocenters. The van der Waals surface area contributed by atoms with Gasteiger partial charge in [0.2, 0.25) is 0 Å². The van der Waals surface area contributed by atoms with Crippen LogP contribution < -0.4 is 0 Å². The second-order valence-corrected chi connectivity index (χ2v) is 7.50. The van der Waals surface area contributed by atoms with Crippen molar-refractivity contribution >= 4 is 11.8 Å². The van der Waals surface area contributed by atoms with E-state index in [0.29, 0.717) is 5.92 Å². The van der Waals surface area contributed by atoms with Gasteiger partial charge in [-0.25, -0.2) is 0 Å². The van der Waals surface area contributed by atoms with Crippen LogP contribution in [0.5, 0.6) is 0 Å². The van der Waals surface area contributed by atoms with Gasteiger partial charge in [0.15, 0.2) is 5.16 Å². The van der Waals surface area contributed by atoms with Gasteiger partial charge in [-0.05, 0) is 51.4 Å². The van der Waals surface area contributed by atoms with Crippen LogP contribution in [0.1, 0.15) is 64.1 Å². The molecule has 4 nitrogen and oxygen atoms in total. The Bertz CT molecular complexity index is 462. The highest BCUT2D eigenvalue weighted by Crippen LogP contribution is 2.41. The quantitative estimate of drug-likeness (QED) is 0.848. The second kappa shape index (κ2) is 5.68. The smallest absolute Gasteiger partial charge is 0.191 e. The van der Waals surface area contributed by atoms with Gasteiger partial charge in [0.25, 0.3) is 0 Å². The van der Waals surface area contributed by atoms with E-state index >= 15 is 0 Å². The largest absolute Gasteiger partial charge is 0.389 e.